The number of aromatic hydroxyl groups is 1. The van der Waals surface area contributed by atoms with Gasteiger partial charge in [-0.25, -0.2) is 0 Å². The molecular formula is C15H18N2O. The fourth-order valence-corrected chi connectivity index (χ4v) is 1.88. The zero-order valence-electron chi connectivity index (χ0n) is 11.0. The molecule has 0 radical (unpaired) electrons. The molecule has 2 rings (SSSR count). The van der Waals surface area contributed by atoms with Crippen LogP contribution in [0.2, 0.25) is 0 Å². The van der Waals surface area contributed by atoms with E-state index in [2.05, 4.69) is 18.9 Å². The summed E-state index contributed by atoms with van der Waals surface area (Å²) < 4.78 is 1.80. The molecule has 1 aromatic heterocycles. The van der Waals surface area contributed by atoms with Gasteiger partial charge in [0.25, 0.3) is 0 Å². The Hall–Kier alpha value is -2.03. The van der Waals surface area contributed by atoms with Crippen LogP contribution in [0.15, 0.2) is 30.5 Å². The van der Waals surface area contributed by atoms with E-state index in [1.807, 2.05) is 37.4 Å². The predicted octanol–water partition coefficient (Wildman–Crippen LogP) is 3.42. The van der Waals surface area contributed by atoms with Crippen molar-refractivity contribution in [1.29, 1.82) is 0 Å². The van der Waals surface area contributed by atoms with E-state index >= 15 is 0 Å². The average Bonchev–Trinajstić information content (AvgIpc) is 2.72. The quantitative estimate of drug-likeness (QED) is 0.895. The number of rotatable bonds is 3. The smallest absolute Gasteiger partial charge is 0.119 e. The predicted molar refractivity (Wildman–Crippen MR) is 74.3 cm³/mol. The van der Waals surface area contributed by atoms with Crippen molar-refractivity contribution in [3.63, 3.8) is 0 Å². The van der Waals surface area contributed by atoms with Crippen LogP contribution in [0, 0.1) is 0 Å². The first-order chi connectivity index (χ1) is 8.58. The Labute approximate surface area is 107 Å². The minimum Gasteiger partial charge on any atom is -0.508 e. The number of phenols is 1. The SMILES string of the molecule is CC(C)c1ccc(/C=C/c2ccnn2C)cc1O. The maximum atomic E-state index is 9.92. The normalized spacial score (nSPS) is 11.6. The van der Waals surface area contributed by atoms with Crippen molar-refractivity contribution in [2.24, 2.45) is 7.05 Å². The number of benzene rings is 1. The van der Waals surface area contributed by atoms with Crippen LogP contribution in [0.5, 0.6) is 5.75 Å². The fraction of sp³-hybridized carbons (Fsp3) is 0.267. The standard InChI is InChI=1S/C15H18N2O/c1-11(2)14-7-5-12(10-15(14)18)4-6-13-8-9-16-17(13)3/h4-11,18H,1-3H3/b6-4+. The Morgan fingerprint density at radius 2 is 2.00 bits per heavy atom. The van der Waals surface area contributed by atoms with Gasteiger partial charge in [-0.05, 0) is 35.3 Å². The monoisotopic (exact) mass is 242 g/mol. The minimum atomic E-state index is 0.333. The molecule has 0 unspecified atom stereocenters. The molecule has 1 N–H and O–H groups in total. The molecule has 0 saturated heterocycles. The third-order valence-electron chi connectivity index (χ3n) is 2.98. The van der Waals surface area contributed by atoms with E-state index in [1.54, 1.807) is 16.9 Å². The number of aromatic nitrogens is 2. The van der Waals surface area contributed by atoms with Gasteiger partial charge in [0.05, 0.1) is 5.69 Å². The number of hydrogen-bond acceptors (Lipinski definition) is 2. The van der Waals surface area contributed by atoms with Crippen LogP contribution in [0.3, 0.4) is 0 Å². The molecular weight excluding hydrogens is 224 g/mol. The maximum Gasteiger partial charge on any atom is 0.119 e. The van der Waals surface area contributed by atoms with Crippen molar-refractivity contribution in [3.8, 4) is 5.75 Å². The van der Waals surface area contributed by atoms with Crippen molar-refractivity contribution in [1.82, 2.24) is 9.78 Å². The van der Waals surface area contributed by atoms with E-state index in [0.717, 1.165) is 16.8 Å². The summed E-state index contributed by atoms with van der Waals surface area (Å²) in [6, 6.07) is 7.73. The lowest BCUT2D eigenvalue weighted by Crippen LogP contribution is -1.91. The summed E-state index contributed by atoms with van der Waals surface area (Å²) in [5.41, 5.74) is 2.99. The topological polar surface area (TPSA) is 38.0 Å². The maximum absolute atomic E-state index is 9.92. The third kappa shape index (κ3) is 2.62. The van der Waals surface area contributed by atoms with Gasteiger partial charge < -0.3 is 5.11 Å². The van der Waals surface area contributed by atoms with Crippen LogP contribution in [0.25, 0.3) is 12.2 Å². The first kappa shape index (κ1) is 12.4. The summed E-state index contributed by atoms with van der Waals surface area (Å²) in [6.45, 7) is 4.14. The Bertz CT molecular complexity index is 568. The molecule has 2 aromatic rings. The second-order valence-corrected chi connectivity index (χ2v) is 4.69. The van der Waals surface area contributed by atoms with E-state index < -0.39 is 0 Å². The van der Waals surface area contributed by atoms with Crippen LogP contribution >= 0.6 is 0 Å². The third-order valence-corrected chi connectivity index (χ3v) is 2.98. The average molecular weight is 242 g/mol. The largest absolute Gasteiger partial charge is 0.508 e. The molecule has 0 amide bonds. The van der Waals surface area contributed by atoms with Gasteiger partial charge in [-0.2, -0.15) is 5.10 Å². The highest BCUT2D eigenvalue weighted by atomic mass is 16.3. The van der Waals surface area contributed by atoms with Gasteiger partial charge in [0.15, 0.2) is 0 Å². The summed E-state index contributed by atoms with van der Waals surface area (Å²) in [6.07, 6.45) is 5.72. The lowest BCUT2D eigenvalue weighted by atomic mass is 10.0. The molecule has 0 aliphatic heterocycles. The van der Waals surface area contributed by atoms with Crippen LogP contribution in [-0.4, -0.2) is 14.9 Å². The van der Waals surface area contributed by atoms with Gasteiger partial charge in [-0.15, -0.1) is 0 Å². The van der Waals surface area contributed by atoms with E-state index in [-0.39, 0.29) is 0 Å². The summed E-state index contributed by atoms with van der Waals surface area (Å²) in [4.78, 5) is 0. The van der Waals surface area contributed by atoms with Crippen LogP contribution in [0.4, 0.5) is 0 Å². The summed E-state index contributed by atoms with van der Waals surface area (Å²) >= 11 is 0. The first-order valence-corrected chi connectivity index (χ1v) is 6.07. The lowest BCUT2D eigenvalue weighted by Gasteiger charge is -2.08. The molecule has 1 heterocycles. The highest BCUT2D eigenvalue weighted by Crippen LogP contribution is 2.26. The van der Waals surface area contributed by atoms with Crippen LogP contribution in [0.1, 0.15) is 36.6 Å². The second-order valence-electron chi connectivity index (χ2n) is 4.69. The van der Waals surface area contributed by atoms with Gasteiger partial charge in [0.2, 0.25) is 0 Å². The second kappa shape index (κ2) is 5.08. The van der Waals surface area contributed by atoms with Gasteiger partial charge >= 0.3 is 0 Å². The Kier molecular flexibility index (Phi) is 3.51. The van der Waals surface area contributed by atoms with E-state index in [9.17, 15) is 5.11 Å². The molecule has 94 valence electrons. The highest BCUT2D eigenvalue weighted by Gasteiger charge is 2.05. The molecule has 0 bridgehead atoms. The lowest BCUT2D eigenvalue weighted by molar-refractivity contribution is 0.465. The number of phenolic OH excluding ortho intramolecular Hbond substituents is 1. The molecule has 0 spiro atoms. The van der Waals surface area contributed by atoms with Gasteiger partial charge in [-0.3, -0.25) is 4.68 Å². The molecule has 0 aliphatic rings. The zero-order chi connectivity index (χ0) is 13.1. The van der Waals surface area contributed by atoms with Gasteiger partial charge in [0.1, 0.15) is 5.75 Å². The summed E-state index contributed by atoms with van der Waals surface area (Å²) in [5, 5.41) is 14.0. The Morgan fingerprint density at radius 1 is 1.22 bits per heavy atom. The molecule has 3 nitrogen and oxygen atoms in total. The van der Waals surface area contributed by atoms with Crippen molar-refractivity contribution < 1.29 is 5.11 Å². The van der Waals surface area contributed by atoms with Crippen molar-refractivity contribution in [2.45, 2.75) is 19.8 Å². The Morgan fingerprint density at radius 3 is 2.56 bits per heavy atom. The molecule has 0 aliphatic carbocycles. The summed E-state index contributed by atoms with van der Waals surface area (Å²) in [5.74, 6) is 0.692. The molecule has 3 heteroatoms. The number of nitrogens with zero attached hydrogens (tertiary/aromatic N) is 2. The van der Waals surface area contributed by atoms with Crippen molar-refractivity contribution >= 4 is 12.2 Å². The van der Waals surface area contributed by atoms with Crippen molar-refractivity contribution in [2.75, 3.05) is 0 Å². The van der Waals surface area contributed by atoms with E-state index in [1.165, 1.54) is 0 Å². The Balaban J connectivity index is 2.23. The molecule has 0 atom stereocenters. The van der Waals surface area contributed by atoms with Crippen LogP contribution in [-0.2, 0) is 7.05 Å². The van der Waals surface area contributed by atoms with Gasteiger partial charge in [0, 0.05) is 13.2 Å². The molecule has 1 aromatic carbocycles. The van der Waals surface area contributed by atoms with Crippen molar-refractivity contribution in [3.05, 3.63) is 47.3 Å². The number of aryl methyl sites for hydroxylation is 1. The van der Waals surface area contributed by atoms with E-state index in [0.29, 0.717) is 11.7 Å². The molecule has 18 heavy (non-hydrogen) atoms. The fourth-order valence-electron chi connectivity index (χ4n) is 1.88. The number of hydrogen-bond donors (Lipinski definition) is 1. The first-order valence-electron chi connectivity index (χ1n) is 6.07. The highest BCUT2D eigenvalue weighted by molar-refractivity contribution is 5.69. The van der Waals surface area contributed by atoms with Gasteiger partial charge in [-0.1, -0.05) is 32.1 Å². The molecule has 0 fully saturated rings. The minimum absolute atomic E-state index is 0.333. The van der Waals surface area contributed by atoms with E-state index in [4.69, 9.17) is 0 Å². The molecule has 0 saturated carbocycles. The van der Waals surface area contributed by atoms with Crippen LogP contribution < -0.4 is 0 Å². The zero-order valence-corrected chi connectivity index (χ0v) is 11.0. The summed E-state index contributed by atoms with van der Waals surface area (Å²) in [7, 11) is 1.90.